The number of aromatic amines is 1. The topological polar surface area (TPSA) is 45.8 Å². The number of aromatic nitrogens is 2. The minimum absolute atomic E-state index is 0. The van der Waals surface area contributed by atoms with Crippen LogP contribution in [-0.2, 0) is 0 Å². The molecule has 0 aliphatic heterocycles. The molecule has 0 aliphatic carbocycles. The predicted molar refractivity (Wildman–Crippen MR) is 38.5 cm³/mol. The number of hydrogen-bond acceptors (Lipinski definition) is 2. The molecule has 0 fully saturated rings. The fraction of sp³-hybridized carbons (Fsp3) is 0. The number of H-pyrrole nitrogens is 1. The van der Waals surface area contributed by atoms with E-state index in [1.807, 2.05) is 0 Å². The molecule has 1 N–H and O–H groups in total. The lowest BCUT2D eigenvalue weighted by molar-refractivity contribution is 0.111. The number of nitrogens with zero attached hydrogens (tertiary/aromatic N) is 1. The zero-order chi connectivity index (χ0) is 5.11. The molecule has 0 aromatic carbocycles. The van der Waals surface area contributed by atoms with Crippen molar-refractivity contribution >= 4 is 31.1 Å². The van der Waals surface area contributed by atoms with Gasteiger partial charge < -0.3 is 4.98 Å². The highest BCUT2D eigenvalue weighted by Crippen LogP contribution is 1.77. The second-order valence-electron chi connectivity index (χ2n) is 1.09. The number of hydrogen-bond donors (Lipinski definition) is 1. The van der Waals surface area contributed by atoms with Crippen LogP contribution in [0.3, 0.4) is 0 Å². The number of rotatable bonds is 1. The molecule has 0 bridgehead atoms. The Balaban J connectivity index is 0. The summed E-state index contributed by atoms with van der Waals surface area (Å²) >= 11 is 0. The molecule has 1 aromatic rings. The third-order valence-corrected chi connectivity index (χ3v) is 0.631. The van der Waals surface area contributed by atoms with E-state index in [4.69, 9.17) is 0 Å². The molecule has 5 heteroatoms. The summed E-state index contributed by atoms with van der Waals surface area (Å²) in [5.74, 6) is 0.375. The summed E-state index contributed by atoms with van der Waals surface area (Å²) in [5, 5.41) is 0. The largest absolute Gasteiger partial charge is 0.342 e. The summed E-state index contributed by atoms with van der Waals surface area (Å²) in [4.78, 5) is 16.0. The maximum absolute atomic E-state index is 9.77. The van der Waals surface area contributed by atoms with Crippen molar-refractivity contribution in [2.45, 2.75) is 0 Å². The molecule has 0 unspecified atom stereocenters. The lowest BCUT2D eigenvalue weighted by Gasteiger charge is -1.68. The van der Waals surface area contributed by atoms with Gasteiger partial charge in [-0.25, -0.2) is 4.98 Å². The van der Waals surface area contributed by atoms with Gasteiger partial charge in [0.15, 0.2) is 12.1 Å². The van der Waals surface area contributed by atoms with Crippen LogP contribution in [0.2, 0.25) is 0 Å². The lowest BCUT2D eigenvalue weighted by Crippen LogP contribution is -1.78. The van der Waals surface area contributed by atoms with E-state index < -0.39 is 0 Å². The van der Waals surface area contributed by atoms with Crippen molar-refractivity contribution in [1.82, 2.24) is 9.97 Å². The highest BCUT2D eigenvalue weighted by molar-refractivity contribution is 5.85. The van der Waals surface area contributed by atoms with Crippen LogP contribution in [0.15, 0.2) is 12.4 Å². The van der Waals surface area contributed by atoms with Crippen molar-refractivity contribution in [3.05, 3.63) is 18.2 Å². The minimum Gasteiger partial charge on any atom is -0.342 e. The maximum Gasteiger partial charge on any atom is 0.185 e. The first kappa shape index (κ1) is 11.3. The zero-order valence-electron chi connectivity index (χ0n) is 4.40. The Morgan fingerprint density at radius 1 is 1.56 bits per heavy atom. The molecular formula is C4H6Cl2N2O. The molecule has 0 saturated heterocycles. The van der Waals surface area contributed by atoms with Gasteiger partial charge in [-0.15, -0.1) is 24.8 Å². The van der Waals surface area contributed by atoms with Gasteiger partial charge in [-0.2, -0.15) is 0 Å². The van der Waals surface area contributed by atoms with Crippen LogP contribution >= 0.6 is 24.8 Å². The van der Waals surface area contributed by atoms with Crippen LogP contribution in [0.25, 0.3) is 0 Å². The summed E-state index contributed by atoms with van der Waals surface area (Å²) in [6.07, 6.45) is 3.80. The first-order valence-electron chi connectivity index (χ1n) is 1.88. The number of carbonyl (C=O) groups is 1. The smallest absolute Gasteiger partial charge is 0.185 e. The molecule has 1 aromatic heterocycles. The van der Waals surface area contributed by atoms with E-state index in [0.29, 0.717) is 12.1 Å². The van der Waals surface area contributed by atoms with Crippen molar-refractivity contribution in [3.8, 4) is 0 Å². The molecule has 1 heterocycles. The Morgan fingerprint density at radius 2 is 2.22 bits per heavy atom. The quantitative estimate of drug-likeness (QED) is 0.639. The van der Waals surface area contributed by atoms with Crippen LogP contribution in [0.5, 0.6) is 0 Å². The second-order valence-corrected chi connectivity index (χ2v) is 1.09. The van der Waals surface area contributed by atoms with E-state index in [0.717, 1.165) is 0 Å². The minimum atomic E-state index is 0. The van der Waals surface area contributed by atoms with Gasteiger partial charge >= 0.3 is 0 Å². The summed E-state index contributed by atoms with van der Waals surface area (Å²) in [6, 6.07) is 0. The van der Waals surface area contributed by atoms with Gasteiger partial charge in [-0.05, 0) is 0 Å². The van der Waals surface area contributed by atoms with Crippen molar-refractivity contribution in [2.75, 3.05) is 0 Å². The Hall–Kier alpha value is -0.540. The van der Waals surface area contributed by atoms with Gasteiger partial charge in [0.05, 0.1) is 0 Å². The van der Waals surface area contributed by atoms with Gasteiger partial charge in [0, 0.05) is 12.4 Å². The van der Waals surface area contributed by atoms with Gasteiger partial charge in [-0.3, -0.25) is 4.79 Å². The maximum atomic E-state index is 9.77. The van der Waals surface area contributed by atoms with Crippen LogP contribution in [0.4, 0.5) is 0 Å². The van der Waals surface area contributed by atoms with Crippen molar-refractivity contribution in [1.29, 1.82) is 0 Å². The first-order chi connectivity index (χ1) is 3.43. The Labute approximate surface area is 64.7 Å². The Bertz CT molecular complexity index is 152. The molecule has 0 saturated carbocycles. The summed E-state index contributed by atoms with van der Waals surface area (Å²) < 4.78 is 0. The van der Waals surface area contributed by atoms with E-state index in [-0.39, 0.29) is 24.8 Å². The Morgan fingerprint density at radius 3 is 2.44 bits per heavy atom. The van der Waals surface area contributed by atoms with Crippen molar-refractivity contribution < 1.29 is 4.79 Å². The molecule has 0 amide bonds. The van der Waals surface area contributed by atoms with E-state index in [1.54, 1.807) is 6.20 Å². The van der Waals surface area contributed by atoms with Gasteiger partial charge in [0.2, 0.25) is 0 Å². The average molecular weight is 169 g/mol. The zero-order valence-corrected chi connectivity index (χ0v) is 6.04. The van der Waals surface area contributed by atoms with E-state index in [2.05, 4.69) is 9.97 Å². The predicted octanol–water partition coefficient (Wildman–Crippen LogP) is 1.07. The Kier molecular flexibility index (Phi) is 7.01. The number of nitrogens with one attached hydrogen (secondary N) is 1. The molecular weight excluding hydrogens is 163 g/mol. The fourth-order valence-corrected chi connectivity index (χ4v) is 0.342. The van der Waals surface area contributed by atoms with Crippen molar-refractivity contribution in [2.24, 2.45) is 0 Å². The highest BCUT2D eigenvalue weighted by atomic mass is 35.5. The standard InChI is InChI=1S/C4H4N2O.2ClH/c7-3-4-5-1-2-6-4;;/h1-3H,(H,5,6);2*1H. The van der Waals surface area contributed by atoms with Gasteiger partial charge in [-0.1, -0.05) is 0 Å². The molecule has 0 aliphatic rings. The summed E-state index contributed by atoms with van der Waals surface area (Å²) in [6.45, 7) is 0. The van der Waals surface area contributed by atoms with E-state index >= 15 is 0 Å². The summed E-state index contributed by atoms with van der Waals surface area (Å²) in [5.41, 5.74) is 0. The number of aldehydes is 1. The number of carbonyl (C=O) groups excluding carboxylic acids is 1. The first-order valence-corrected chi connectivity index (χ1v) is 1.88. The van der Waals surface area contributed by atoms with Gasteiger partial charge in [0.25, 0.3) is 0 Å². The van der Waals surface area contributed by atoms with E-state index in [1.165, 1.54) is 6.20 Å². The molecule has 0 radical (unpaired) electrons. The number of halogens is 2. The van der Waals surface area contributed by atoms with Crippen LogP contribution < -0.4 is 0 Å². The molecule has 9 heavy (non-hydrogen) atoms. The van der Waals surface area contributed by atoms with Crippen LogP contribution in [-0.4, -0.2) is 16.3 Å². The second kappa shape index (κ2) is 5.59. The molecule has 0 spiro atoms. The number of imidazole rings is 1. The lowest BCUT2D eigenvalue weighted by atomic mass is 10.7. The van der Waals surface area contributed by atoms with Gasteiger partial charge in [0.1, 0.15) is 0 Å². The molecule has 52 valence electrons. The molecule has 3 nitrogen and oxygen atoms in total. The van der Waals surface area contributed by atoms with Crippen LogP contribution in [0, 0.1) is 0 Å². The monoisotopic (exact) mass is 168 g/mol. The van der Waals surface area contributed by atoms with E-state index in [9.17, 15) is 4.79 Å². The molecule has 1 rings (SSSR count). The average Bonchev–Trinajstić information content (AvgIpc) is 2.14. The van der Waals surface area contributed by atoms with Crippen molar-refractivity contribution in [3.63, 3.8) is 0 Å². The van der Waals surface area contributed by atoms with Crippen LogP contribution in [0.1, 0.15) is 10.6 Å². The third-order valence-electron chi connectivity index (χ3n) is 0.631. The fourth-order valence-electron chi connectivity index (χ4n) is 0.342. The normalized spacial score (nSPS) is 6.67. The molecule has 0 atom stereocenters. The third kappa shape index (κ3) is 3.11. The highest BCUT2D eigenvalue weighted by Gasteiger charge is 1.82. The summed E-state index contributed by atoms with van der Waals surface area (Å²) in [7, 11) is 0. The SMILES string of the molecule is Cl.Cl.O=Cc1ncc[nH]1.